The van der Waals surface area contributed by atoms with Crippen molar-refractivity contribution in [2.24, 2.45) is 0 Å². The van der Waals surface area contributed by atoms with Crippen LogP contribution >= 0.6 is 11.3 Å². The van der Waals surface area contributed by atoms with Crippen LogP contribution in [0.3, 0.4) is 0 Å². The summed E-state index contributed by atoms with van der Waals surface area (Å²) in [5.74, 6) is -1.63. The summed E-state index contributed by atoms with van der Waals surface area (Å²) in [6, 6.07) is 11.7. The van der Waals surface area contributed by atoms with Gasteiger partial charge in [-0.25, -0.2) is 0 Å². The molecule has 2 amide bonds. The van der Waals surface area contributed by atoms with Crippen LogP contribution < -0.4 is 0 Å². The summed E-state index contributed by atoms with van der Waals surface area (Å²) in [5, 5.41) is 1.88. The summed E-state index contributed by atoms with van der Waals surface area (Å²) in [4.78, 5) is 30.3. The van der Waals surface area contributed by atoms with Crippen LogP contribution in [0.4, 0.5) is 26.3 Å². The van der Waals surface area contributed by atoms with Gasteiger partial charge >= 0.3 is 12.4 Å². The van der Waals surface area contributed by atoms with E-state index in [0.717, 1.165) is 20.9 Å². The van der Waals surface area contributed by atoms with Crippen molar-refractivity contribution >= 4 is 23.2 Å². The number of methoxy groups -OCH3 is 1. The second-order valence-corrected chi connectivity index (χ2v) is 10.1. The molecule has 1 heterocycles. The number of nitrogens with zero attached hydrogens (tertiary/aromatic N) is 2. The van der Waals surface area contributed by atoms with E-state index in [-0.39, 0.29) is 38.7 Å². The Hall–Kier alpha value is -3.38. The van der Waals surface area contributed by atoms with Gasteiger partial charge in [0.15, 0.2) is 0 Å². The number of thiophene rings is 1. The first-order valence-corrected chi connectivity index (χ1v) is 13.1. The molecule has 5 nitrogen and oxygen atoms in total. The van der Waals surface area contributed by atoms with E-state index in [1.54, 1.807) is 12.1 Å². The van der Waals surface area contributed by atoms with E-state index in [2.05, 4.69) is 0 Å². The monoisotopic (exact) mass is 586 g/mol. The SMILES string of the molecule is COCCCN(CC(=O)N(Cc1ccccc1)Cc1sccc1C)C(=O)c1cc(C(F)(F)F)cc(C(F)(F)F)c1. The molecular formula is C28H28F6N2O3S. The van der Waals surface area contributed by atoms with Gasteiger partial charge in [-0.1, -0.05) is 30.3 Å². The Morgan fingerprint density at radius 1 is 0.875 bits per heavy atom. The maximum Gasteiger partial charge on any atom is 0.416 e. The molecule has 3 aromatic rings. The predicted molar refractivity (Wildman–Crippen MR) is 139 cm³/mol. The highest BCUT2D eigenvalue weighted by Crippen LogP contribution is 2.36. The largest absolute Gasteiger partial charge is 0.416 e. The van der Waals surface area contributed by atoms with E-state index in [4.69, 9.17) is 4.74 Å². The molecule has 216 valence electrons. The standard InChI is InChI=1S/C28H28F6N2O3S/c1-19-9-12-40-24(19)17-36(16-20-7-4-3-5-8-20)25(37)18-35(10-6-11-39-2)26(38)21-13-22(27(29,30)31)15-23(14-21)28(32,33)34/h3-5,7-9,12-15H,6,10-11,16-18H2,1-2H3. The lowest BCUT2D eigenvalue weighted by molar-refractivity contribution is -0.143. The maximum absolute atomic E-state index is 13.6. The van der Waals surface area contributed by atoms with Crippen molar-refractivity contribution in [1.29, 1.82) is 0 Å². The highest BCUT2D eigenvalue weighted by Gasteiger charge is 2.38. The van der Waals surface area contributed by atoms with Gasteiger partial charge in [-0.2, -0.15) is 26.3 Å². The molecule has 0 saturated heterocycles. The molecule has 0 saturated carbocycles. The summed E-state index contributed by atoms with van der Waals surface area (Å²) in [6.07, 6.45) is -10.0. The zero-order valence-corrected chi connectivity index (χ0v) is 22.6. The molecule has 3 rings (SSSR count). The second-order valence-electron chi connectivity index (χ2n) is 9.13. The third kappa shape index (κ3) is 8.56. The van der Waals surface area contributed by atoms with E-state index in [0.29, 0.717) is 12.1 Å². The van der Waals surface area contributed by atoms with Gasteiger partial charge in [0.25, 0.3) is 5.91 Å². The Labute approximate surface area is 232 Å². The van der Waals surface area contributed by atoms with Crippen LogP contribution in [0.1, 0.15) is 43.9 Å². The highest BCUT2D eigenvalue weighted by atomic mass is 32.1. The Bertz CT molecular complexity index is 1260. The second kappa shape index (κ2) is 13.3. The van der Waals surface area contributed by atoms with Gasteiger partial charge in [0.1, 0.15) is 6.54 Å². The normalized spacial score (nSPS) is 11.9. The van der Waals surface area contributed by atoms with Crippen molar-refractivity contribution in [3.63, 3.8) is 0 Å². The minimum absolute atomic E-state index is 0.0395. The lowest BCUT2D eigenvalue weighted by atomic mass is 10.0. The van der Waals surface area contributed by atoms with Crippen molar-refractivity contribution in [3.05, 3.63) is 92.7 Å². The minimum Gasteiger partial charge on any atom is -0.385 e. The molecule has 0 aliphatic heterocycles. The summed E-state index contributed by atoms with van der Waals surface area (Å²) in [7, 11) is 1.41. The van der Waals surface area contributed by atoms with Crippen molar-refractivity contribution in [1.82, 2.24) is 9.80 Å². The minimum atomic E-state index is -5.11. The van der Waals surface area contributed by atoms with Crippen LogP contribution in [0.5, 0.6) is 0 Å². The van der Waals surface area contributed by atoms with Gasteiger partial charge in [0, 0.05) is 37.2 Å². The van der Waals surface area contributed by atoms with Crippen LogP contribution in [0.25, 0.3) is 0 Å². The zero-order chi connectivity index (χ0) is 29.5. The van der Waals surface area contributed by atoms with Gasteiger partial charge in [0.2, 0.25) is 5.91 Å². The first-order valence-electron chi connectivity index (χ1n) is 12.2. The van der Waals surface area contributed by atoms with Crippen LogP contribution in [-0.2, 0) is 35.0 Å². The molecule has 0 fully saturated rings. The number of benzene rings is 2. The van der Waals surface area contributed by atoms with Crippen molar-refractivity contribution in [2.75, 3.05) is 26.8 Å². The topological polar surface area (TPSA) is 49.9 Å². The molecule has 0 N–H and O–H groups in total. The number of hydrogen-bond donors (Lipinski definition) is 0. The number of rotatable bonds is 11. The van der Waals surface area contributed by atoms with Gasteiger partial charge < -0.3 is 14.5 Å². The summed E-state index contributed by atoms with van der Waals surface area (Å²) >= 11 is 1.45. The molecule has 0 atom stereocenters. The number of amides is 2. The number of carbonyl (C=O) groups is 2. The van der Waals surface area contributed by atoms with Gasteiger partial charge in [0.05, 0.1) is 17.7 Å². The summed E-state index contributed by atoms with van der Waals surface area (Å²) in [5.41, 5.74) is -2.24. The number of halogens is 6. The third-order valence-corrected chi connectivity index (χ3v) is 7.10. The third-order valence-electron chi connectivity index (χ3n) is 6.10. The molecule has 0 radical (unpaired) electrons. The molecule has 0 aliphatic rings. The van der Waals surface area contributed by atoms with Crippen molar-refractivity contribution < 1.29 is 40.7 Å². The lowest BCUT2D eigenvalue weighted by Gasteiger charge is -2.28. The fraction of sp³-hybridized carbons (Fsp3) is 0.357. The van der Waals surface area contributed by atoms with Gasteiger partial charge in [-0.15, -0.1) is 11.3 Å². The molecule has 40 heavy (non-hydrogen) atoms. The number of carbonyl (C=O) groups excluding carboxylic acids is 2. The number of ether oxygens (including phenoxy) is 1. The molecule has 0 aliphatic carbocycles. The lowest BCUT2D eigenvalue weighted by Crippen LogP contribution is -2.43. The van der Waals surface area contributed by atoms with E-state index in [9.17, 15) is 35.9 Å². The van der Waals surface area contributed by atoms with Crippen LogP contribution in [0.2, 0.25) is 0 Å². The van der Waals surface area contributed by atoms with Crippen LogP contribution in [0, 0.1) is 6.92 Å². The highest BCUT2D eigenvalue weighted by molar-refractivity contribution is 7.10. The van der Waals surface area contributed by atoms with E-state index < -0.39 is 47.4 Å². The molecule has 0 bridgehead atoms. The number of hydrogen-bond acceptors (Lipinski definition) is 4. The molecular weight excluding hydrogens is 558 g/mol. The van der Waals surface area contributed by atoms with Crippen molar-refractivity contribution in [3.8, 4) is 0 Å². The number of alkyl halides is 6. The molecule has 0 spiro atoms. The first-order chi connectivity index (χ1) is 18.8. The van der Waals surface area contributed by atoms with Gasteiger partial charge in [-0.3, -0.25) is 9.59 Å². The Morgan fingerprint density at radius 2 is 1.50 bits per heavy atom. The fourth-order valence-corrected chi connectivity index (χ4v) is 4.87. The zero-order valence-electron chi connectivity index (χ0n) is 21.8. The van der Waals surface area contributed by atoms with E-state index in [1.165, 1.54) is 23.3 Å². The fourth-order valence-electron chi connectivity index (χ4n) is 3.95. The maximum atomic E-state index is 13.6. The Kier molecular flexibility index (Phi) is 10.4. The smallest absolute Gasteiger partial charge is 0.385 e. The van der Waals surface area contributed by atoms with Gasteiger partial charge in [-0.05, 0) is 54.1 Å². The molecule has 12 heteroatoms. The predicted octanol–water partition coefficient (Wildman–Crippen LogP) is 6.80. The summed E-state index contributed by atoms with van der Waals surface area (Å²) < 4.78 is 85.5. The molecule has 0 unspecified atom stereocenters. The average molecular weight is 587 g/mol. The average Bonchev–Trinajstić information content (AvgIpc) is 3.30. The van der Waals surface area contributed by atoms with E-state index in [1.807, 2.05) is 36.6 Å². The molecule has 2 aromatic carbocycles. The number of aryl methyl sites for hydroxylation is 1. The van der Waals surface area contributed by atoms with Crippen LogP contribution in [-0.4, -0.2) is 48.4 Å². The van der Waals surface area contributed by atoms with Crippen molar-refractivity contribution in [2.45, 2.75) is 38.8 Å². The molecule has 1 aromatic heterocycles. The Balaban J connectivity index is 1.95. The van der Waals surface area contributed by atoms with Crippen LogP contribution in [0.15, 0.2) is 60.0 Å². The quantitative estimate of drug-likeness (QED) is 0.183. The summed E-state index contributed by atoms with van der Waals surface area (Å²) in [6.45, 7) is 1.81. The Morgan fingerprint density at radius 3 is 2.02 bits per heavy atom. The first kappa shape index (κ1) is 31.2. The van der Waals surface area contributed by atoms with E-state index >= 15 is 0 Å².